The summed E-state index contributed by atoms with van der Waals surface area (Å²) in [5.74, 6) is -0.409. The maximum absolute atomic E-state index is 12.7. The van der Waals surface area contributed by atoms with Crippen molar-refractivity contribution in [2.24, 2.45) is 0 Å². The summed E-state index contributed by atoms with van der Waals surface area (Å²) in [5, 5.41) is 2.88. The van der Waals surface area contributed by atoms with Gasteiger partial charge in [-0.15, -0.1) is 0 Å². The first-order valence-electron chi connectivity index (χ1n) is 8.62. The first-order chi connectivity index (χ1) is 12.3. The van der Waals surface area contributed by atoms with Gasteiger partial charge < -0.3 is 24.6 Å². The second-order valence-corrected chi connectivity index (χ2v) is 6.90. The van der Waals surface area contributed by atoms with Crippen molar-refractivity contribution in [2.75, 3.05) is 52.2 Å². The van der Waals surface area contributed by atoms with E-state index in [1.165, 1.54) is 13.0 Å². The SMILES string of the molecule is CCOc1cc(NC(C)=O)c(Cl)cc1C(=O)OC1CN(C)CCN(C)C1. The van der Waals surface area contributed by atoms with E-state index in [1.54, 1.807) is 6.07 Å². The second kappa shape index (κ2) is 9.21. The van der Waals surface area contributed by atoms with Crippen LogP contribution in [0.5, 0.6) is 5.75 Å². The lowest BCUT2D eigenvalue weighted by Crippen LogP contribution is -2.35. The van der Waals surface area contributed by atoms with Crippen molar-refractivity contribution in [3.8, 4) is 5.75 Å². The molecule has 1 aliphatic rings. The van der Waals surface area contributed by atoms with Gasteiger partial charge in [0, 0.05) is 39.2 Å². The lowest BCUT2D eigenvalue weighted by Gasteiger charge is -2.22. The van der Waals surface area contributed by atoms with E-state index in [0.717, 1.165) is 13.1 Å². The first-order valence-corrected chi connectivity index (χ1v) is 9.00. The molecule has 1 aliphatic heterocycles. The fourth-order valence-corrected chi connectivity index (χ4v) is 3.05. The third-order valence-electron chi connectivity index (χ3n) is 4.07. The lowest BCUT2D eigenvalue weighted by molar-refractivity contribution is -0.114. The van der Waals surface area contributed by atoms with Crippen LogP contribution in [0.4, 0.5) is 5.69 Å². The predicted octanol–water partition coefficient (Wildman–Crippen LogP) is 2.10. The Morgan fingerprint density at radius 1 is 1.23 bits per heavy atom. The predicted molar refractivity (Wildman–Crippen MR) is 101 cm³/mol. The Morgan fingerprint density at radius 2 is 1.85 bits per heavy atom. The van der Waals surface area contributed by atoms with Crippen molar-refractivity contribution < 1.29 is 19.1 Å². The van der Waals surface area contributed by atoms with Gasteiger partial charge in [0.05, 0.1) is 17.3 Å². The number of esters is 1. The number of hydrogen-bond donors (Lipinski definition) is 1. The molecule has 7 nitrogen and oxygen atoms in total. The van der Waals surface area contributed by atoms with Crippen molar-refractivity contribution in [1.82, 2.24) is 9.80 Å². The third-order valence-corrected chi connectivity index (χ3v) is 4.38. The van der Waals surface area contributed by atoms with Crippen molar-refractivity contribution in [3.63, 3.8) is 0 Å². The number of anilines is 1. The standard InChI is InChI=1S/C18H26ClN3O4/c1-5-25-17-9-16(20-12(2)23)15(19)8-14(17)18(24)26-13-10-21(3)6-7-22(4)11-13/h8-9,13H,5-7,10-11H2,1-4H3,(H,20,23). The van der Waals surface area contributed by atoms with Crippen LogP contribution in [0.3, 0.4) is 0 Å². The first kappa shape index (κ1) is 20.5. The molecule has 0 aliphatic carbocycles. The number of ether oxygens (including phenoxy) is 2. The van der Waals surface area contributed by atoms with Crippen molar-refractivity contribution in [1.29, 1.82) is 0 Å². The zero-order valence-electron chi connectivity index (χ0n) is 15.7. The van der Waals surface area contributed by atoms with E-state index in [2.05, 4.69) is 15.1 Å². The number of likely N-dealkylation sites (N-methyl/N-ethyl adjacent to an activating group) is 2. The molecular weight excluding hydrogens is 358 g/mol. The second-order valence-electron chi connectivity index (χ2n) is 6.49. The van der Waals surface area contributed by atoms with Crippen LogP contribution >= 0.6 is 11.6 Å². The molecule has 1 saturated heterocycles. The van der Waals surface area contributed by atoms with Crippen molar-refractivity contribution in [2.45, 2.75) is 20.0 Å². The molecule has 0 spiro atoms. The number of nitrogens with zero attached hydrogens (tertiary/aromatic N) is 2. The van der Waals surface area contributed by atoms with E-state index in [0.29, 0.717) is 31.1 Å². The zero-order chi connectivity index (χ0) is 19.3. The van der Waals surface area contributed by atoms with Gasteiger partial charge in [-0.25, -0.2) is 4.79 Å². The molecule has 1 amide bonds. The van der Waals surface area contributed by atoms with Crippen molar-refractivity contribution >= 4 is 29.2 Å². The van der Waals surface area contributed by atoms with Crippen LogP contribution in [0.15, 0.2) is 12.1 Å². The van der Waals surface area contributed by atoms with E-state index in [-0.39, 0.29) is 22.6 Å². The monoisotopic (exact) mass is 383 g/mol. The number of hydrogen-bond acceptors (Lipinski definition) is 6. The topological polar surface area (TPSA) is 71.1 Å². The molecule has 0 saturated carbocycles. The number of amides is 1. The molecule has 1 N–H and O–H groups in total. The molecule has 144 valence electrons. The molecule has 0 unspecified atom stereocenters. The molecule has 0 atom stereocenters. The van der Waals surface area contributed by atoms with Crippen LogP contribution in [0.25, 0.3) is 0 Å². The van der Waals surface area contributed by atoms with Crippen LogP contribution in [0.1, 0.15) is 24.2 Å². The normalized spacial score (nSPS) is 16.8. The Balaban J connectivity index is 2.23. The maximum Gasteiger partial charge on any atom is 0.342 e. The quantitative estimate of drug-likeness (QED) is 0.785. The van der Waals surface area contributed by atoms with Crippen LogP contribution in [0, 0.1) is 0 Å². The van der Waals surface area contributed by atoms with Gasteiger partial charge in [-0.05, 0) is 27.1 Å². The fraction of sp³-hybridized carbons (Fsp3) is 0.556. The van der Waals surface area contributed by atoms with Crippen LogP contribution < -0.4 is 10.1 Å². The lowest BCUT2D eigenvalue weighted by atomic mass is 10.1. The minimum absolute atomic E-state index is 0.247. The average Bonchev–Trinajstić information content (AvgIpc) is 2.70. The summed E-state index contributed by atoms with van der Waals surface area (Å²) in [6.45, 7) is 6.75. The number of rotatable bonds is 5. The molecule has 0 bridgehead atoms. The highest BCUT2D eigenvalue weighted by Crippen LogP contribution is 2.32. The number of carbonyl (C=O) groups excluding carboxylic acids is 2. The molecule has 1 aromatic carbocycles. The van der Waals surface area contributed by atoms with Gasteiger partial charge in [0.25, 0.3) is 0 Å². The van der Waals surface area contributed by atoms with Crippen LogP contribution in [-0.4, -0.2) is 74.7 Å². The van der Waals surface area contributed by atoms with Gasteiger partial charge in [-0.2, -0.15) is 0 Å². The maximum atomic E-state index is 12.7. The van der Waals surface area contributed by atoms with Gasteiger partial charge in [0.15, 0.2) is 0 Å². The summed E-state index contributed by atoms with van der Waals surface area (Å²) in [6, 6.07) is 3.03. The van der Waals surface area contributed by atoms with E-state index >= 15 is 0 Å². The van der Waals surface area contributed by atoms with Gasteiger partial charge >= 0.3 is 5.97 Å². The summed E-state index contributed by atoms with van der Waals surface area (Å²) < 4.78 is 11.3. The van der Waals surface area contributed by atoms with Gasteiger partial charge in [0.1, 0.15) is 17.4 Å². The molecule has 2 rings (SSSR count). The summed E-state index contributed by atoms with van der Waals surface area (Å²) in [7, 11) is 4.01. The number of benzene rings is 1. The smallest absolute Gasteiger partial charge is 0.342 e. The third kappa shape index (κ3) is 5.59. The van der Waals surface area contributed by atoms with Gasteiger partial charge in [-0.3, -0.25) is 4.79 Å². The average molecular weight is 384 g/mol. The Kier molecular flexibility index (Phi) is 7.25. The summed E-state index contributed by atoms with van der Waals surface area (Å²) in [6.07, 6.45) is -0.247. The van der Waals surface area contributed by atoms with Crippen molar-refractivity contribution in [3.05, 3.63) is 22.7 Å². The number of halogens is 1. The molecule has 1 heterocycles. The van der Waals surface area contributed by atoms with Gasteiger partial charge in [-0.1, -0.05) is 11.6 Å². The molecule has 26 heavy (non-hydrogen) atoms. The molecule has 0 aromatic heterocycles. The summed E-state index contributed by atoms with van der Waals surface area (Å²) in [4.78, 5) is 28.3. The van der Waals surface area contributed by atoms with Crippen LogP contribution in [-0.2, 0) is 9.53 Å². The molecule has 1 fully saturated rings. The highest BCUT2D eigenvalue weighted by molar-refractivity contribution is 6.34. The highest BCUT2D eigenvalue weighted by atomic mass is 35.5. The Bertz CT molecular complexity index is 656. The molecule has 0 radical (unpaired) electrons. The Labute approximate surface area is 159 Å². The van der Waals surface area contributed by atoms with Crippen LogP contribution in [0.2, 0.25) is 5.02 Å². The largest absolute Gasteiger partial charge is 0.493 e. The Hall–Kier alpha value is -1.83. The summed E-state index contributed by atoms with van der Waals surface area (Å²) in [5.41, 5.74) is 0.647. The fourth-order valence-electron chi connectivity index (χ4n) is 2.84. The minimum Gasteiger partial charge on any atom is -0.493 e. The Morgan fingerprint density at radius 3 is 2.38 bits per heavy atom. The van der Waals surface area contributed by atoms with E-state index < -0.39 is 5.97 Å². The van der Waals surface area contributed by atoms with E-state index in [9.17, 15) is 9.59 Å². The summed E-state index contributed by atoms with van der Waals surface area (Å²) >= 11 is 6.21. The van der Waals surface area contributed by atoms with E-state index in [4.69, 9.17) is 21.1 Å². The highest BCUT2D eigenvalue weighted by Gasteiger charge is 2.25. The number of carbonyl (C=O) groups is 2. The van der Waals surface area contributed by atoms with Gasteiger partial charge in [0.2, 0.25) is 5.91 Å². The number of nitrogens with one attached hydrogen (secondary N) is 1. The molecular formula is C18H26ClN3O4. The minimum atomic E-state index is -0.488. The van der Waals surface area contributed by atoms with E-state index in [1.807, 2.05) is 21.0 Å². The molecule has 8 heteroatoms. The zero-order valence-corrected chi connectivity index (χ0v) is 16.4. The molecule has 1 aromatic rings.